The fourth-order valence-corrected chi connectivity index (χ4v) is 6.68. The van der Waals surface area contributed by atoms with Crippen LogP contribution in [0.5, 0.6) is 0 Å². The number of rotatable bonds is 4. The van der Waals surface area contributed by atoms with Crippen LogP contribution in [0.1, 0.15) is 30.0 Å². The molecule has 10 nitrogen and oxygen atoms in total. The van der Waals surface area contributed by atoms with Crippen LogP contribution in [0.2, 0.25) is 0 Å². The number of aromatic nitrogens is 2. The molecule has 4 heterocycles. The first kappa shape index (κ1) is 26.4. The van der Waals surface area contributed by atoms with Gasteiger partial charge in [-0.2, -0.15) is 0 Å². The van der Waals surface area contributed by atoms with Gasteiger partial charge >= 0.3 is 6.03 Å². The van der Waals surface area contributed by atoms with Gasteiger partial charge in [0.25, 0.3) is 5.91 Å². The predicted molar refractivity (Wildman–Crippen MR) is 139 cm³/mol. The molecule has 3 aliphatic heterocycles. The highest BCUT2D eigenvalue weighted by atomic mass is 32.1. The number of morpholine rings is 1. The van der Waals surface area contributed by atoms with E-state index in [1.807, 2.05) is 6.07 Å². The largest absolute Gasteiger partial charge is 0.372 e. The van der Waals surface area contributed by atoms with Crippen molar-refractivity contribution < 1.29 is 32.7 Å². The van der Waals surface area contributed by atoms with Gasteiger partial charge in [0.15, 0.2) is 22.1 Å². The highest BCUT2D eigenvalue weighted by molar-refractivity contribution is 7.14. The van der Waals surface area contributed by atoms with Gasteiger partial charge in [-0.15, -0.1) is 15.3 Å². The summed E-state index contributed by atoms with van der Waals surface area (Å²) in [5, 5.41) is 11.4. The second-order valence-corrected chi connectivity index (χ2v) is 11.4. The van der Waals surface area contributed by atoms with Gasteiger partial charge in [0.1, 0.15) is 11.6 Å². The summed E-state index contributed by atoms with van der Waals surface area (Å²) >= 11 is 1.09. The Morgan fingerprint density at radius 1 is 1.15 bits per heavy atom. The van der Waals surface area contributed by atoms with E-state index in [0.29, 0.717) is 15.6 Å². The third kappa shape index (κ3) is 3.99. The maximum absolute atomic E-state index is 15.9. The minimum absolute atomic E-state index is 0.0469. The number of nitrogens with one attached hydrogen (secondary N) is 1. The van der Waals surface area contributed by atoms with Crippen molar-refractivity contribution >= 4 is 34.9 Å². The van der Waals surface area contributed by atoms with Crippen molar-refractivity contribution in [3.63, 3.8) is 0 Å². The van der Waals surface area contributed by atoms with E-state index >= 15 is 8.78 Å². The molecule has 0 radical (unpaired) electrons. The van der Waals surface area contributed by atoms with Gasteiger partial charge in [0.2, 0.25) is 5.91 Å². The Bertz CT molecular complexity index is 1530. The van der Waals surface area contributed by atoms with E-state index in [0.717, 1.165) is 11.3 Å². The minimum atomic E-state index is -1.93. The van der Waals surface area contributed by atoms with Gasteiger partial charge < -0.3 is 9.64 Å². The van der Waals surface area contributed by atoms with Crippen LogP contribution in [0.25, 0.3) is 10.6 Å². The molecule has 0 bridgehead atoms. The number of imide groups is 2. The maximum atomic E-state index is 15.9. The van der Waals surface area contributed by atoms with Crippen LogP contribution in [0.4, 0.5) is 19.3 Å². The number of nitrogens with zero attached hydrogens (tertiary/aromatic N) is 4. The lowest BCUT2D eigenvalue weighted by molar-refractivity contribution is -0.196. The molecule has 1 N–H and O–H groups in total. The molecule has 2 saturated heterocycles. The van der Waals surface area contributed by atoms with E-state index in [2.05, 4.69) is 15.5 Å². The molecule has 13 heteroatoms. The van der Waals surface area contributed by atoms with E-state index in [-0.39, 0.29) is 41.4 Å². The number of carbonyl (C=O) groups is 3. The second-order valence-electron chi connectivity index (χ2n) is 10.2. The Labute approximate surface area is 231 Å². The highest BCUT2D eigenvalue weighted by Gasteiger charge is 2.65. The number of hydroxylamine groups is 2. The molecular weight excluding hydrogens is 544 g/mol. The first-order valence-corrected chi connectivity index (χ1v) is 13.5. The molecule has 0 aliphatic carbocycles. The van der Waals surface area contributed by atoms with E-state index in [1.165, 1.54) is 11.0 Å². The molecule has 2 aromatic carbocycles. The summed E-state index contributed by atoms with van der Waals surface area (Å²) < 4.78 is 37.4. The van der Waals surface area contributed by atoms with Crippen molar-refractivity contribution in [1.82, 2.24) is 20.6 Å². The first-order chi connectivity index (χ1) is 19.1. The van der Waals surface area contributed by atoms with Crippen LogP contribution in [0.3, 0.4) is 0 Å². The Kier molecular flexibility index (Phi) is 6.39. The third-order valence-corrected chi connectivity index (χ3v) is 8.41. The summed E-state index contributed by atoms with van der Waals surface area (Å²) in [7, 11) is 0. The zero-order chi connectivity index (χ0) is 28.3. The van der Waals surface area contributed by atoms with Crippen molar-refractivity contribution in [2.75, 3.05) is 11.4 Å². The summed E-state index contributed by atoms with van der Waals surface area (Å²) in [5.41, 5.74) is -1.19. The Morgan fingerprint density at radius 2 is 1.90 bits per heavy atom. The number of barbiturate groups is 1. The monoisotopic (exact) mass is 569 g/mol. The summed E-state index contributed by atoms with van der Waals surface area (Å²) in [4.78, 5) is 47.9. The number of amides is 4. The number of ether oxygens (including phenoxy) is 1. The van der Waals surface area contributed by atoms with Gasteiger partial charge in [-0.05, 0) is 38.0 Å². The quantitative estimate of drug-likeness (QED) is 0.475. The molecule has 3 aromatic rings. The molecule has 40 heavy (non-hydrogen) atoms. The lowest BCUT2D eigenvalue weighted by atomic mass is 9.66. The van der Waals surface area contributed by atoms with Crippen LogP contribution >= 0.6 is 11.3 Å². The second kappa shape index (κ2) is 9.68. The van der Waals surface area contributed by atoms with Crippen molar-refractivity contribution in [3.8, 4) is 10.6 Å². The molecule has 1 spiro atoms. The fraction of sp³-hybridized carbons (Fsp3) is 0.370. The SMILES string of the molecule is Cc1nnc(-c2cc3c(c(F)c2F)N2C[C@H](C)O[C@H](C)C2C2(C3)C(=O)NC(=O)N(OCc3ccccc3)C2=O)s1. The van der Waals surface area contributed by atoms with Crippen LogP contribution in [0.15, 0.2) is 36.4 Å². The number of halogens is 2. The van der Waals surface area contributed by atoms with Crippen molar-refractivity contribution in [3.05, 3.63) is 64.2 Å². The first-order valence-electron chi connectivity index (χ1n) is 12.7. The standard InChI is InChI=1S/C27H25F2N5O5S/c1-13-11-33-21-17(9-18(19(28)20(21)29)23-32-31-15(3)40-23)10-27(22(33)14(2)39-13)24(35)30-26(37)34(25(27)36)38-12-16-7-5-4-6-8-16/h4-9,13-14,22H,10-12H2,1-3H3,(H,30,35,37)/t13-,14+,22?,27?/m0/s1. The van der Waals surface area contributed by atoms with Gasteiger partial charge in [-0.3, -0.25) is 19.7 Å². The van der Waals surface area contributed by atoms with Gasteiger partial charge in [-0.25, -0.2) is 13.6 Å². The zero-order valence-corrected chi connectivity index (χ0v) is 22.6. The molecule has 4 amide bonds. The van der Waals surface area contributed by atoms with Crippen LogP contribution < -0.4 is 10.2 Å². The van der Waals surface area contributed by atoms with E-state index in [1.54, 1.807) is 45.0 Å². The van der Waals surface area contributed by atoms with Crippen molar-refractivity contribution in [1.29, 1.82) is 0 Å². The average Bonchev–Trinajstić information content (AvgIpc) is 3.35. The lowest BCUT2D eigenvalue weighted by Gasteiger charge is -2.56. The number of urea groups is 1. The number of carbonyl (C=O) groups excluding carboxylic acids is 3. The Hall–Kier alpha value is -3.81. The van der Waals surface area contributed by atoms with Crippen molar-refractivity contribution in [2.24, 2.45) is 5.41 Å². The molecule has 4 atom stereocenters. The summed E-state index contributed by atoms with van der Waals surface area (Å²) in [6.07, 6.45) is -1.50. The molecule has 1 aromatic heterocycles. The van der Waals surface area contributed by atoms with E-state index < -0.39 is 53.1 Å². The molecule has 3 aliphatic rings. The third-order valence-electron chi connectivity index (χ3n) is 7.54. The van der Waals surface area contributed by atoms with Gasteiger partial charge in [-0.1, -0.05) is 41.7 Å². The number of hydrogen-bond acceptors (Lipinski definition) is 9. The summed E-state index contributed by atoms with van der Waals surface area (Å²) in [6.45, 7) is 5.09. The maximum Gasteiger partial charge on any atom is 0.355 e. The number of aryl methyl sites for hydroxylation is 1. The number of fused-ring (bicyclic) bond motifs is 4. The Balaban J connectivity index is 1.48. The number of benzene rings is 2. The van der Waals surface area contributed by atoms with E-state index in [9.17, 15) is 14.4 Å². The molecule has 2 fully saturated rings. The van der Waals surface area contributed by atoms with Crippen LogP contribution in [-0.2, 0) is 32.2 Å². The van der Waals surface area contributed by atoms with E-state index in [4.69, 9.17) is 9.57 Å². The molecule has 2 unspecified atom stereocenters. The molecule has 208 valence electrons. The Morgan fingerprint density at radius 3 is 2.60 bits per heavy atom. The predicted octanol–water partition coefficient (Wildman–Crippen LogP) is 3.53. The fourth-order valence-electron chi connectivity index (χ4n) is 5.98. The van der Waals surface area contributed by atoms with Crippen molar-refractivity contribution in [2.45, 2.75) is 52.0 Å². The highest BCUT2D eigenvalue weighted by Crippen LogP contribution is 2.50. The topological polar surface area (TPSA) is 114 Å². The van der Waals surface area contributed by atoms with Gasteiger partial charge in [0, 0.05) is 13.0 Å². The smallest absolute Gasteiger partial charge is 0.355 e. The summed E-state index contributed by atoms with van der Waals surface area (Å²) in [6, 6.07) is 8.23. The lowest BCUT2D eigenvalue weighted by Crippen LogP contribution is -2.75. The van der Waals surface area contributed by atoms with Crippen LogP contribution in [0, 0.1) is 24.0 Å². The van der Waals surface area contributed by atoms with Crippen LogP contribution in [-0.4, -0.2) is 57.9 Å². The zero-order valence-electron chi connectivity index (χ0n) is 21.8. The number of hydrogen-bond donors (Lipinski definition) is 1. The van der Waals surface area contributed by atoms with Gasteiger partial charge in [0.05, 0.1) is 29.5 Å². The minimum Gasteiger partial charge on any atom is -0.372 e. The molecule has 0 saturated carbocycles. The molecule has 6 rings (SSSR count). The number of anilines is 1. The normalized spacial score (nSPS) is 26.1. The summed E-state index contributed by atoms with van der Waals surface area (Å²) in [5.74, 6) is -3.97. The average molecular weight is 570 g/mol. The molecular formula is C27H25F2N5O5S.